The third-order valence-electron chi connectivity index (χ3n) is 3.80. The highest BCUT2D eigenvalue weighted by atomic mass is 16.7. The zero-order valence-electron chi connectivity index (χ0n) is 13.0. The Morgan fingerprint density at radius 1 is 1.27 bits per heavy atom. The van der Waals surface area contributed by atoms with E-state index in [0.717, 1.165) is 54.2 Å². The van der Waals surface area contributed by atoms with E-state index in [0.29, 0.717) is 19.8 Å². The molecule has 6 heteroatoms. The number of fused-ring (bicyclic) bond motifs is 2. The van der Waals surface area contributed by atoms with Gasteiger partial charge < -0.3 is 24.5 Å². The summed E-state index contributed by atoms with van der Waals surface area (Å²) in [6, 6.07) is 3.98. The van der Waals surface area contributed by atoms with Gasteiger partial charge in [-0.15, -0.1) is 0 Å². The zero-order valence-corrected chi connectivity index (χ0v) is 13.0. The molecule has 0 spiro atoms. The number of rotatable bonds is 8. The van der Waals surface area contributed by atoms with Crippen LogP contribution in [0.1, 0.15) is 25.6 Å². The first kappa shape index (κ1) is 15.1. The van der Waals surface area contributed by atoms with E-state index in [-0.39, 0.29) is 6.79 Å². The lowest BCUT2D eigenvalue weighted by molar-refractivity contribution is 0.133. The summed E-state index contributed by atoms with van der Waals surface area (Å²) < 4.78 is 18.7. The summed E-state index contributed by atoms with van der Waals surface area (Å²) in [6.07, 6.45) is 3.24. The molecule has 0 amide bonds. The molecule has 0 bridgehead atoms. The number of imidazole rings is 1. The third kappa shape index (κ3) is 3.03. The minimum atomic E-state index is 0.282. The summed E-state index contributed by atoms with van der Waals surface area (Å²) in [4.78, 5) is 4.77. The molecule has 1 aliphatic heterocycles. The lowest BCUT2D eigenvalue weighted by Gasteiger charge is -2.09. The molecule has 2 aromatic rings. The SMILES string of the molecule is CCCCc1nc2cc3c(cc2n1CCOCCN)OCO3. The minimum Gasteiger partial charge on any atom is -0.454 e. The highest BCUT2D eigenvalue weighted by molar-refractivity contribution is 5.81. The maximum Gasteiger partial charge on any atom is 0.231 e. The van der Waals surface area contributed by atoms with Gasteiger partial charge in [0.15, 0.2) is 11.5 Å². The van der Waals surface area contributed by atoms with Crippen molar-refractivity contribution in [3.05, 3.63) is 18.0 Å². The van der Waals surface area contributed by atoms with Gasteiger partial charge in [-0.1, -0.05) is 13.3 Å². The van der Waals surface area contributed by atoms with Gasteiger partial charge in [-0.25, -0.2) is 4.98 Å². The van der Waals surface area contributed by atoms with Gasteiger partial charge in [0.05, 0.1) is 24.2 Å². The van der Waals surface area contributed by atoms with Crippen LogP contribution in [0.3, 0.4) is 0 Å². The van der Waals surface area contributed by atoms with Crippen molar-refractivity contribution in [3.63, 3.8) is 0 Å². The van der Waals surface area contributed by atoms with Gasteiger partial charge in [0.2, 0.25) is 6.79 Å². The molecule has 1 aliphatic rings. The Morgan fingerprint density at radius 2 is 2.09 bits per heavy atom. The van der Waals surface area contributed by atoms with E-state index >= 15 is 0 Å². The molecule has 0 radical (unpaired) electrons. The molecule has 0 fully saturated rings. The van der Waals surface area contributed by atoms with E-state index in [1.54, 1.807) is 0 Å². The number of benzene rings is 1. The van der Waals surface area contributed by atoms with Gasteiger partial charge in [0.1, 0.15) is 5.82 Å². The Morgan fingerprint density at radius 3 is 2.86 bits per heavy atom. The molecule has 0 atom stereocenters. The van der Waals surface area contributed by atoms with Crippen molar-refractivity contribution in [3.8, 4) is 11.5 Å². The fourth-order valence-electron chi connectivity index (χ4n) is 2.68. The van der Waals surface area contributed by atoms with E-state index in [1.807, 2.05) is 12.1 Å². The van der Waals surface area contributed by atoms with Gasteiger partial charge in [-0.05, 0) is 6.42 Å². The molecule has 1 aromatic heterocycles. The van der Waals surface area contributed by atoms with E-state index in [2.05, 4.69) is 11.5 Å². The summed E-state index contributed by atoms with van der Waals surface area (Å²) in [7, 11) is 0. The topological polar surface area (TPSA) is 71.5 Å². The van der Waals surface area contributed by atoms with Gasteiger partial charge in [0.25, 0.3) is 0 Å². The summed E-state index contributed by atoms with van der Waals surface area (Å²) in [5, 5.41) is 0. The van der Waals surface area contributed by atoms with Crippen molar-refractivity contribution in [2.75, 3.05) is 26.6 Å². The number of aryl methyl sites for hydroxylation is 1. The highest BCUT2D eigenvalue weighted by Crippen LogP contribution is 2.36. The van der Waals surface area contributed by atoms with Crippen LogP contribution in [0.15, 0.2) is 12.1 Å². The van der Waals surface area contributed by atoms with Crippen molar-refractivity contribution in [2.45, 2.75) is 32.7 Å². The maximum absolute atomic E-state index is 5.53. The summed E-state index contributed by atoms with van der Waals surface area (Å²) in [5.74, 6) is 2.66. The summed E-state index contributed by atoms with van der Waals surface area (Å²) >= 11 is 0. The van der Waals surface area contributed by atoms with Gasteiger partial charge in [0, 0.05) is 31.6 Å². The predicted molar refractivity (Wildman–Crippen MR) is 84.3 cm³/mol. The Labute approximate surface area is 130 Å². The molecule has 0 aliphatic carbocycles. The van der Waals surface area contributed by atoms with E-state index in [1.165, 1.54) is 0 Å². The lowest BCUT2D eigenvalue weighted by atomic mass is 10.2. The van der Waals surface area contributed by atoms with Crippen LogP contribution in [0.5, 0.6) is 11.5 Å². The fraction of sp³-hybridized carbons (Fsp3) is 0.562. The first-order chi connectivity index (χ1) is 10.8. The smallest absolute Gasteiger partial charge is 0.231 e. The zero-order chi connectivity index (χ0) is 15.4. The van der Waals surface area contributed by atoms with Crippen LogP contribution >= 0.6 is 0 Å². The largest absolute Gasteiger partial charge is 0.454 e. The molecule has 0 unspecified atom stereocenters. The van der Waals surface area contributed by atoms with E-state index in [4.69, 9.17) is 24.9 Å². The van der Waals surface area contributed by atoms with E-state index in [9.17, 15) is 0 Å². The highest BCUT2D eigenvalue weighted by Gasteiger charge is 2.18. The standard InChI is InChI=1S/C16H23N3O3/c1-2-3-4-16-18-12-9-14-15(22-11-21-14)10-13(12)19(16)6-8-20-7-5-17/h9-10H,2-8,11,17H2,1H3. The first-order valence-corrected chi connectivity index (χ1v) is 7.90. The average Bonchev–Trinajstić information content (AvgIpc) is 3.11. The molecule has 0 saturated heterocycles. The Hall–Kier alpha value is -1.79. The van der Waals surface area contributed by atoms with Crippen LogP contribution in [-0.4, -0.2) is 36.1 Å². The number of unbranched alkanes of at least 4 members (excludes halogenated alkanes) is 1. The van der Waals surface area contributed by atoms with Crippen molar-refractivity contribution >= 4 is 11.0 Å². The number of nitrogens with two attached hydrogens (primary N) is 1. The summed E-state index contributed by atoms with van der Waals surface area (Å²) in [5.41, 5.74) is 7.49. The quantitative estimate of drug-likeness (QED) is 0.756. The molecule has 6 nitrogen and oxygen atoms in total. The van der Waals surface area contributed by atoms with Gasteiger partial charge in [-0.3, -0.25) is 0 Å². The molecular weight excluding hydrogens is 282 g/mol. The fourth-order valence-corrected chi connectivity index (χ4v) is 2.68. The Bertz CT molecular complexity index is 639. The molecule has 0 saturated carbocycles. The number of hydrogen-bond acceptors (Lipinski definition) is 5. The molecule has 120 valence electrons. The van der Waals surface area contributed by atoms with Crippen molar-refractivity contribution in [2.24, 2.45) is 5.73 Å². The van der Waals surface area contributed by atoms with Crippen molar-refractivity contribution in [1.29, 1.82) is 0 Å². The molecular formula is C16H23N3O3. The minimum absolute atomic E-state index is 0.282. The average molecular weight is 305 g/mol. The third-order valence-corrected chi connectivity index (χ3v) is 3.80. The molecule has 3 rings (SSSR count). The maximum atomic E-state index is 5.53. The van der Waals surface area contributed by atoms with Crippen molar-refractivity contribution in [1.82, 2.24) is 9.55 Å². The molecule has 22 heavy (non-hydrogen) atoms. The second kappa shape index (κ2) is 6.98. The van der Waals surface area contributed by atoms with Gasteiger partial charge in [-0.2, -0.15) is 0 Å². The number of nitrogens with zero attached hydrogens (tertiary/aromatic N) is 2. The van der Waals surface area contributed by atoms with Crippen LogP contribution < -0.4 is 15.2 Å². The molecule has 2 heterocycles. The molecule has 2 N–H and O–H groups in total. The van der Waals surface area contributed by atoms with Crippen LogP contribution in [-0.2, 0) is 17.7 Å². The van der Waals surface area contributed by atoms with Crippen LogP contribution in [0.4, 0.5) is 0 Å². The first-order valence-electron chi connectivity index (χ1n) is 7.90. The van der Waals surface area contributed by atoms with Crippen LogP contribution in [0.2, 0.25) is 0 Å². The van der Waals surface area contributed by atoms with Crippen LogP contribution in [0, 0.1) is 0 Å². The number of ether oxygens (including phenoxy) is 3. The van der Waals surface area contributed by atoms with E-state index < -0.39 is 0 Å². The monoisotopic (exact) mass is 305 g/mol. The number of aromatic nitrogens is 2. The Kier molecular flexibility index (Phi) is 4.80. The normalized spacial score (nSPS) is 13.2. The Balaban J connectivity index is 1.89. The second-order valence-electron chi connectivity index (χ2n) is 5.38. The predicted octanol–water partition coefficient (Wildman–Crippen LogP) is 2.08. The van der Waals surface area contributed by atoms with Crippen molar-refractivity contribution < 1.29 is 14.2 Å². The van der Waals surface area contributed by atoms with Crippen LogP contribution in [0.25, 0.3) is 11.0 Å². The lowest BCUT2D eigenvalue weighted by Crippen LogP contribution is -2.14. The second-order valence-corrected chi connectivity index (χ2v) is 5.38. The van der Waals surface area contributed by atoms with Gasteiger partial charge >= 0.3 is 0 Å². The number of hydrogen-bond donors (Lipinski definition) is 1. The summed E-state index contributed by atoms with van der Waals surface area (Å²) in [6.45, 7) is 5.01. The molecule has 1 aromatic carbocycles.